The molecule has 0 aromatic heterocycles. The van der Waals surface area contributed by atoms with E-state index in [0.717, 1.165) is 19.3 Å². The zero-order valence-corrected chi connectivity index (χ0v) is 6.99. The summed E-state index contributed by atoms with van der Waals surface area (Å²) >= 11 is 0. The highest BCUT2D eigenvalue weighted by molar-refractivity contribution is 5.69. The van der Waals surface area contributed by atoms with Gasteiger partial charge >= 0.3 is 5.97 Å². The van der Waals surface area contributed by atoms with Gasteiger partial charge in [0.15, 0.2) is 0 Å². The molecular formula is C8H15NO3. The van der Waals surface area contributed by atoms with Crippen LogP contribution in [0.25, 0.3) is 0 Å². The van der Waals surface area contributed by atoms with Crippen molar-refractivity contribution in [2.24, 2.45) is 5.92 Å². The normalized spacial score (nSPS) is 29.1. The van der Waals surface area contributed by atoms with Gasteiger partial charge in [0.2, 0.25) is 0 Å². The van der Waals surface area contributed by atoms with E-state index in [2.05, 4.69) is 5.32 Å². The third kappa shape index (κ3) is 2.46. The van der Waals surface area contributed by atoms with Crippen LogP contribution in [0.1, 0.15) is 19.3 Å². The Labute approximate surface area is 71.6 Å². The van der Waals surface area contributed by atoms with Gasteiger partial charge in [-0.15, -0.1) is 0 Å². The lowest BCUT2D eigenvalue weighted by Gasteiger charge is -2.17. The second-order valence-electron chi connectivity index (χ2n) is 3.25. The molecule has 4 heteroatoms. The lowest BCUT2D eigenvalue weighted by atomic mass is 10.1. The van der Waals surface area contributed by atoms with E-state index in [1.54, 1.807) is 0 Å². The van der Waals surface area contributed by atoms with Gasteiger partial charge in [0.1, 0.15) is 0 Å². The molecule has 0 bridgehead atoms. The Morgan fingerprint density at radius 1 is 1.50 bits per heavy atom. The number of hydrogen-bond donors (Lipinski definition) is 3. The molecule has 0 aliphatic heterocycles. The van der Waals surface area contributed by atoms with Gasteiger partial charge in [0.05, 0.1) is 6.54 Å². The predicted octanol–water partition coefficient (Wildman–Crippen LogP) is -0.178. The Morgan fingerprint density at radius 2 is 2.25 bits per heavy atom. The number of carboxylic acids is 1. The van der Waals surface area contributed by atoms with E-state index in [1.807, 2.05) is 0 Å². The van der Waals surface area contributed by atoms with Gasteiger partial charge in [-0.2, -0.15) is 0 Å². The van der Waals surface area contributed by atoms with Crippen LogP contribution >= 0.6 is 0 Å². The molecule has 1 fully saturated rings. The fraction of sp³-hybridized carbons (Fsp3) is 0.875. The average molecular weight is 173 g/mol. The van der Waals surface area contributed by atoms with Crippen LogP contribution in [0.5, 0.6) is 0 Å². The molecule has 0 heterocycles. The van der Waals surface area contributed by atoms with Gasteiger partial charge in [-0.3, -0.25) is 4.79 Å². The second-order valence-corrected chi connectivity index (χ2v) is 3.25. The van der Waals surface area contributed by atoms with E-state index >= 15 is 0 Å². The zero-order valence-electron chi connectivity index (χ0n) is 6.99. The number of aliphatic hydroxyl groups excluding tert-OH is 1. The van der Waals surface area contributed by atoms with Crippen molar-refractivity contribution < 1.29 is 15.0 Å². The minimum absolute atomic E-state index is 0.00116. The fourth-order valence-corrected chi connectivity index (χ4v) is 1.74. The van der Waals surface area contributed by atoms with Gasteiger partial charge in [-0.1, -0.05) is 6.42 Å². The predicted molar refractivity (Wildman–Crippen MR) is 43.9 cm³/mol. The average Bonchev–Trinajstić information content (AvgIpc) is 2.47. The van der Waals surface area contributed by atoms with Crippen molar-refractivity contribution >= 4 is 5.97 Å². The maximum Gasteiger partial charge on any atom is 0.317 e. The first-order valence-corrected chi connectivity index (χ1v) is 4.30. The summed E-state index contributed by atoms with van der Waals surface area (Å²) in [6.07, 6.45) is 3.08. The highest BCUT2D eigenvalue weighted by Gasteiger charge is 2.26. The van der Waals surface area contributed by atoms with Crippen molar-refractivity contribution in [2.75, 3.05) is 13.2 Å². The van der Waals surface area contributed by atoms with Gasteiger partial charge in [0, 0.05) is 12.6 Å². The zero-order chi connectivity index (χ0) is 8.97. The van der Waals surface area contributed by atoms with Crippen LogP contribution in [0.15, 0.2) is 0 Å². The van der Waals surface area contributed by atoms with Gasteiger partial charge in [-0.05, 0) is 18.8 Å². The molecule has 0 spiro atoms. The summed E-state index contributed by atoms with van der Waals surface area (Å²) in [5.41, 5.74) is 0. The molecule has 0 aromatic rings. The summed E-state index contributed by atoms with van der Waals surface area (Å²) in [7, 11) is 0. The Balaban J connectivity index is 2.26. The van der Waals surface area contributed by atoms with E-state index in [9.17, 15) is 4.79 Å². The lowest BCUT2D eigenvalue weighted by molar-refractivity contribution is -0.136. The number of hydrogen-bond acceptors (Lipinski definition) is 3. The van der Waals surface area contributed by atoms with E-state index < -0.39 is 5.97 Å². The highest BCUT2D eigenvalue weighted by Crippen LogP contribution is 2.24. The number of carbonyl (C=O) groups is 1. The number of nitrogens with one attached hydrogen (secondary N) is 1. The summed E-state index contributed by atoms with van der Waals surface area (Å²) in [6, 6.07) is 0.200. The van der Waals surface area contributed by atoms with Crippen molar-refractivity contribution in [2.45, 2.75) is 25.3 Å². The van der Waals surface area contributed by atoms with E-state index in [4.69, 9.17) is 10.2 Å². The van der Waals surface area contributed by atoms with Crippen LogP contribution in [0.2, 0.25) is 0 Å². The number of aliphatic carboxylic acids is 1. The molecule has 3 N–H and O–H groups in total. The Bertz CT molecular complexity index is 160. The van der Waals surface area contributed by atoms with Crippen molar-refractivity contribution in [3.05, 3.63) is 0 Å². The first kappa shape index (κ1) is 9.48. The third-order valence-corrected chi connectivity index (χ3v) is 2.41. The SMILES string of the molecule is O=C(O)CNC1CCCC1CO. The topological polar surface area (TPSA) is 69.6 Å². The van der Waals surface area contributed by atoms with Gasteiger partial charge < -0.3 is 15.5 Å². The van der Waals surface area contributed by atoms with E-state index in [-0.39, 0.29) is 25.1 Å². The van der Waals surface area contributed by atoms with Crippen LogP contribution in [0, 0.1) is 5.92 Å². The molecule has 1 aliphatic rings. The smallest absolute Gasteiger partial charge is 0.317 e. The summed E-state index contributed by atoms with van der Waals surface area (Å²) in [4.78, 5) is 10.2. The van der Waals surface area contributed by atoms with Crippen LogP contribution < -0.4 is 5.32 Å². The minimum Gasteiger partial charge on any atom is -0.480 e. The molecule has 1 aliphatic carbocycles. The van der Waals surface area contributed by atoms with E-state index in [0.29, 0.717) is 0 Å². The number of aliphatic hydroxyl groups is 1. The summed E-state index contributed by atoms with van der Waals surface area (Å²) in [6.45, 7) is 0.165. The standard InChI is InChI=1S/C8H15NO3/c10-5-6-2-1-3-7(6)9-4-8(11)12/h6-7,9-10H,1-5H2,(H,11,12). The molecule has 0 amide bonds. The second kappa shape index (κ2) is 4.42. The Kier molecular flexibility index (Phi) is 3.49. The molecule has 1 saturated carbocycles. The monoisotopic (exact) mass is 173 g/mol. The summed E-state index contributed by atoms with van der Waals surface area (Å²) < 4.78 is 0. The first-order valence-electron chi connectivity index (χ1n) is 4.30. The Hall–Kier alpha value is -0.610. The van der Waals surface area contributed by atoms with E-state index in [1.165, 1.54) is 0 Å². The lowest BCUT2D eigenvalue weighted by Crippen LogP contribution is -2.37. The van der Waals surface area contributed by atoms with Gasteiger partial charge in [0.25, 0.3) is 0 Å². The minimum atomic E-state index is -0.835. The molecule has 70 valence electrons. The largest absolute Gasteiger partial charge is 0.480 e. The maximum atomic E-state index is 10.2. The van der Waals surface area contributed by atoms with Gasteiger partial charge in [-0.25, -0.2) is 0 Å². The summed E-state index contributed by atoms with van der Waals surface area (Å²) in [5, 5.41) is 20.2. The molecule has 2 unspecified atom stereocenters. The molecule has 2 atom stereocenters. The van der Waals surface area contributed by atoms with Crippen LogP contribution in [0.3, 0.4) is 0 Å². The quantitative estimate of drug-likeness (QED) is 0.551. The number of rotatable bonds is 4. The molecule has 4 nitrogen and oxygen atoms in total. The molecule has 0 saturated heterocycles. The molecule has 0 radical (unpaired) electrons. The van der Waals surface area contributed by atoms with Crippen LogP contribution in [0.4, 0.5) is 0 Å². The van der Waals surface area contributed by atoms with Crippen molar-refractivity contribution in [1.29, 1.82) is 0 Å². The van der Waals surface area contributed by atoms with Crippen molar-refractivity contribution in [3.63, 3.8) is 0 Å². The highest BCUT2D eigenvalue weighted by atomic mass is 16.4. The Morgan fingerprint density at radius 3 is 2.83 bits per heavy atom. The number of carboxylic acid groups (broad SMARTS) is 1. The van der Waals surface area contributed by atoms with Crippen LogP contribution in [-0.4, -0.2) is 35.4 Å². The first-order chi connectivity index (χ1) is 5.74. The maximum absolute atomic E-state index is 10.2. The molecular weight excluding hydrogens is 158 g/mol. The third-order valence-electron chi connectivity index (χ3n) is 2.41. The fourth-order valence-electron chi connectivity index (χ4n) is 1.74. The van der Waals surface area contributed by atoms with Crippen LogP contribution in [-0.2, 0) is 4.79 Å². The van der Waals surface area contributed by atoms with Crippen molar-refractivity contribution in [1.82, 2.24) is 5.32 Å². The van der Waals surface area contributed by atoms with Crippen molar-refractivity contribution in [3.8, 4) is 0 Å². The molecule has 1 rings (SSSR count). The molecule has 12 heavy (non-hydrogen) atoms. The molecule has 0 aromatic carbocycles. The summed E-state index contributed by atoms with van der Waals surface area (Å²) in [5.74, 6) is -0.581.